The summed E-state index contributed by atoms with van der Waals surface area (Å²) in [4.78, 5) is 24.1. The first-order valence-electron chi connectivity index (χ1n) is 7.43. The van der Waals surface area contributed by atoms with Crippen molar-refractivity contribution in [3.63, 3.8) is 0 Å². The Balaban J connectivity index is 1.71. The van der Waals surface area contributed by atoms with Crippen molar-refractivity contribution in [3.8, 4) is 11.4 Å². The van der Waals surface area contributed by atoms with Gasteiger partial charge in [0.25, 0.3) is 0 Å². The first-order valence-corrected chi connectivity index (χ1v) is 8.42. The summed E-state index contributed by atoms with van der Waals surface area (Å²) in [5.41, 5.74) is 0.785. The summed E-state index contributed by atoms with van der Waals surface area (Å²) >= 11 is 1.09. The summed E-state index contributed by atoms with van der Waals surface area (Å²) in [5, 5.41) is 5.60. The van der Waals surface area contributed by atoms with E-state index < -0.39 is 5.63 Å². The van der Waals surface area contributed by atoms with Crippen LogP contribution in [0.25, 0.3) is 5.69 Å². The third-order valence-electron chi connectivity index (χ3n) is 3.34. The van der Waals surface area contributed by atoms with Crippen molar-refractivity contribution < 1.29 is 18.7 Å². The van der Waals surface area contributed by atoms with E-state index >= 15 is 0 Å². The zero-order valence-corrected chi connectivity index (χ0v) is 14.2. The number of nitrogens with one attached hydrogen (secondary N) is 2. The van der Waals surface area contributed by atoms with Gasteiger partial charge in [-0.25, -0.2) is 4.79 Å². The van der Waals surface area contributed by atoms with Crippen LogP contribution < -0.4 is 20.4 Å². The van der Waals surface area contributed by atoms with Crippen LogP contribution in [-0.2, 0) is 4.79 Å². The minimum absolute atomic E-state index is 0.0491. The lowest BCUT2D eigenvalue weighted by Gasteiger charge is -2.08. The highest BCUT2D eigenvalue weighted by molar-refractivity contribution is 7.99. The molecule has 2 aromatic carbocycles. The third kappa shape index (κ3) is 3.92. The summed E-state index contributed by atoms with van der Waals surface area (Å²) in [6.45, 7) is 0. The van der Waals surface area contributed by atoms with Crippen LogP contribution in [0.1, 0.15) is 0 Å². The zero-order chi connectivity index (χ0) is 17.6. The number of amides is 1. The molecule has 0 aliphatic heterocycles. The highest BCUT2D eigenvalue weighted by Crippen LogP contribution is 2.23. The second-order valence-corrected chi connectivity index (χ2v) is 5.96. The van der Waals surface area contributed by atoms with Gasteiger partial charge in [-0.3, -0.25) is 9.32 Å². The van der Waals surface area contributed by atoms with Gasteiger partial charge in [-0.2, -0.15) is 0 Å². The molecule has 0 radical (unpaired) electrons. The monoisotopic (exact) mass is 358 g/mol. The molecule has 0 aliphatic rings. The Morgan fingerprint density at radius 3 is 2.68 bits per heavy atom. The van der Waals surface area contributed by atoms with Crippen molar-refractivity contribution in [2.75, 3.05) is 18.2 Å². The van der Waals surface area contributed by atoms with Gasteiger partial charge in [-0.1, -0.05) is 30.3 Å². The Labute approximate surface area is 147 Å². The number of anilines is 1. The smallest absolute Gasteiger partial charge is 0.442 e. The van der Waals surface area contributed by atoms with Gasteiger partial charge in [0.05, 0.1) is 18.6 Å². The van der Waals surface area contributed by atoms with Crippen LogP contribution in [0.15, 0.2) is 68.9 Å². The molecule has 0 saturated heterocycles. The number of carbonyl (C=O) groups is 1. The molecule has 0 saturated carbocycles. The number of methoxy groups -OCH3 is 1. The first kappa shape index (κ1) is 16.8. The predicted molar refractivity (Wildman–Crippen MR) is 93.2 cm³/mol. The van der Waals surface area contributed by atoms with Crippen molar-refractivity contribution in [2.24, 2.45) is 0 Å². The largest absolute Gasteiger partial charge is 0.495 e. The Morgan fingerprint density at radius 1 is 1.20 bits per heavy atom. The fourth-order valence-electron chi connectivity index (χ4n) is 2.20. The van der Waals surface area contributed by atoms with E-state index in [1.54, 1.807) is 18.2 Å². The number of aromatic amines is 1. The van der Waals surface area contributed by atoms with Crippen LogP contribution in [0.3, 0.4) is 0 Å². The van der Waals surface area contributed by atoms with Gasteiger partial charge in [-0.15, -0.1) is 0 Å². The Hall–Kier alpha value is -3.00. The third-order valence-corrected chi connectivity index (χ3v) is 4.37. The zero-order valence-electron chi connectivity index (χ0n) is 13.4. The molecule has 0 spiro atoms. The van der Waals surface area contributed by atoms with Crippen LogP contribution in [0.5, 0.6) is 5.75 Å². The van der Waals surface area contributed by atoms with E-state index in [9.17, 15) is 9.59 Å². The van der Waals surface area contributed by atoms with Gasteiger partial charge in [0, 0.05) is 12.1 Å². The molecule has 0 atom stereocenters. The molecule has 1 heterocycles. The van der Waals surface area contributed by atoms with Gasteiger partial charge in [0.1, 0.15) is 5.75 Å². The number of aromatic nitrogens is 2. The predicted octanol–water partition coefficient (Wildman–Crippen LogP) is 1.98. The summed E-state index contributed by atoms with van der Waals surface area (Å²) in [5.74, 6) is 0.365. The molecule has 3 rings (SSSR count). The number of carbonyl (C=O) groups excluding carboxylic acids is 1. The second-order valence-electron chi connectivity index (χ2n) is 4.99. The number of hydrogen-bond donors (Lipinski definition) is 2. The fraction of sp³-hybridized carbons (Fsp3) is 0.118. The van der Waals surface area contributed by atoms with Crippen LogP contribution in [-0.4, -0.2) is 24.0 Å². The number of benzene rings is 2. The SMILES string of the molecule is COc1ccccc1NC(=O)CSc1c(=O)o[nH][n+]1-c1ccccc1. The van der Waals surface area contributed by atoms with E-state index in [1.165, 1.54) is 11.8 Å². The van der Waals surface area contributed by atoms with Crippen molar-refractivity contribution in [2.45, 2.75) is 5.03 Å². The minimum Gasteiger partial charge on any atom is -0.495 e. The molecule has 0 fully saturated rings. The number of para-hydroxylation sites is 3. The van der Waals surface area contributed by atoms with Crippen LogP contribution in [0.4, 0.5) is 5.69 Å². The molecule has 128 valence electrons. The molecule has 1 amide bonds. The van der Waals surface area contributed by atoms with Gasteiger partial charge >= 0.3 is 10.7 Å². The van der Waals surface area contributed by atoms with E-state index in [1.807, 2.05) is 36.4 Å². The van der Waals surface area contributed by atoms with Crippen LogP contribution >= 0.6 is 11.8 Å². The molecule has 2 N–H and O–H groups in total. The van der Waals surface area contributed by atoms with Gasteiger partial charge in [0.2, 0.25) is 11.6 Å². The second kappa shape index (κ2) is 7.71. The van der Waals surface area contributed by atoms with Crippen molar-refractivity contribution in [3.05, 3.63) is 65.0 Å². The topological polar surface area (TPSA) is 88.2 Å². The molecule has 1 aromatic heterocycles. The maximum atomic E-state index is 12.2. The summed E-state index contributed by atoms with van der Waals surface area (Å²) < 4.78 is 11.5. The molecule has 0 unspecified atom stereocenters. The molecule has 3 aromatic rings. The molecule has 25 heavy (non-hydrogen) atoms. The number of rotatable bonds is 6. The molecule has 0 aliphatic carbocycles. The lowest BCUT2D eigenvalue weighted by atomic mass is 10.3. The lowest BCUT2D eigenvalue weighted by Crippen LogP contribution is -2.36. The maximum absolute atomic E-state index is 12.2. The first-order chi connectivity index (χ1) is 12.2. The highest BCUT2D eigenvalue weighted by Gasteiger charge is 2.24. The maximum Gasteiger partial charge on any atom is 0.442 e. The van der Waals surface area contributed by atoms with Gasteiger partial charge in [0.15, 0.2) is 0 Å². The van der Waals surface area contributed by atoms with Crippen molar-refractivity contribution in [1.29, 1.82) is 0 Å². The Morgan fingerprint density at radius 2 is 1.92 bits per heavy atom. The lowest BCUT2D eigenvalue weighted by molar-refractivity contribution is -0.704. The number of ether oxygens (including phenoxy) is 1. The van der Waals surface area contributed by atoms with E-state index in [-0.39, 0.29) is 11.7 Å². The average molecular weight is 358 g/mol. The van der Waals surface area contributed by atoms with E-state index in [0.29, 0.717) is 16.5 Å². The van der Waals surface area contributed by atoms with Crippen molar-refractivity contribution in [1.82, 2.24) is 5.27 Å². The molecule has 7 nitrogen and oxygen atoms in total. The Kier molecular flexibility index (Phi) is 5.20. The number of hydrogen-bond acceptors (Lipinski definition) is 5. The van der Waals surface area contributed by atoms with Crippen molar-refractivity contribution >= 4 is 23.4 Å². The van der Waals surface area contributed by atoms with Crippen LogP contribution in [0.2, 0.25) is 0 Å². The molecular formula is C17H16N3O4S+. The Bertz CT molecular complexity index is 921. The number of H-pyrrole nitrogens is 1. The highest BCUT2D eigenvalue weighted by atomic mass is 32.2. The van der Waals surface area contributed by atoms with E-state index in [4.69, 9.17) is 9.26 Å². The fourth-order valence-corrected chi connectivity index (χ4v) is 2.97. The summed E-state index contributed by atoms with van der Waals surface area (Å²) in [6, 6.07) is 16.3. The standard InChI is InChI=1S/C17H15N3O4S/c1-23-14-10-6-5-9-13(14)18-15(21)11-25-16-17(22)24-19-20(16)12-7-3-2-4-8-12/h2-10H,11H2,1H3,(H-,18,19,21,22)/p+1. The minimum atomic E-state index is -0.529. The number of nitrogens with zero attached hydrogens (tertiary/aromatic N) is 1. The summed E-state index contributed by atoms with van der Waals surface area (Å²) in [6.07, 6.45) is 0. The van der Waals surface area contributed by atoms with E-state index in [2.05, 4.69) is 10.6 Å². The number of thioether (sulfide) groups is 1. The van der Waals surface area contributed by atoms with Gasteiger partial charge in [-0.05, 0) is 33.8 Å². The molecule has 0 bridgehead atoms. The normalized spacial score (nSPS) is 10.4. The van der Waals surface area contributed by atoms with Gasteiger partial charge < -0.3 is 10.1 Å². The quantitative estimate of drug-likeness (QED) is 0.520. The van der Waals surface area contributed by atoms with E-state index in [0.717, 1.165) is 17.4 Å². The molecule has 8 heteroatoms. The summed E-state index contributed by atoms with van der Waals surface area (Å²) in [7, 11) is 1.54. The average Bonchev–Trinajstić information content (AvgIpc) is 3.02. The molecular weight excluding hydrogens is 342 g/mol. The van der Waals surface area contributed by atoms with Crippen LogP contribution in [0, 0.1) is 0 Å².